The summed E-state index contributed by atoms with van der Waals surface area (Å²) in [5.41, 5.74) is 1.81. The first kappa shape index (κ1) is 16.5. The van der Waals surface area contributed by atoms with E-state index in [-0.39, 0.29) is 5.91 Å². The van der Waals surface area contributed by atoms with Crippen LogP contribution in [-0.4, -0.2) is 21.6 Å². The lowest BCUT2D eigenvalue weighted by molar-refractivity contribution is -0.113. The number of fused-ring (bicyclic) bond motifs is 2. The third-order valence-electron chi connectivity index (χ3n) is 3.55. The zero-order chi connectivity index (χ0) is 17.2. The predicted molar refractivity (Wildman–Crippen MR) is 108 cm³/mol. The van der Waals surface area contributed by atoms with E-state index in [2.05, 4.69) is 31.2 Å². The zero-order valence-electron chi connectivity index (χ0n) is 12.9. The molecule has 124 valence electrons. The number of carbonyl (C=O) groups is 1. The lowest BCUT2D eigenvalue weighted by Crippen LogP contribution is -2.13. The van der Waals surface area contributed by atoms with Crippen molar-refractivity contribution in [1.29, 1.82) is 0 Å². The minimum atomic E-state index is -0.0731. The molecule has 1 amide bonds. The molecule has 0 saturated carbocycles. The number of benzene rings is 2. The number of rotatable bonds is 4. The van der Waals surface area contributed by atoms with E-state index < -0.39 is 0 Å². The molecule has 0 aliphatic heterocycles. The lowest BCUT2D eigenvalue weighted by atomic mass is 10.2. The Morgan fingerprint density at radius 1 is 1.20 bits per heavy atom. The second-order valence-corrected chi connectivity index (χ2v) is 8.26. The number of thioether (sulfide) groups is 1. The number of amides is 1. The van der Waals surface area contributed by atoms with Crippen LogP contribution in [0, 0.1) is 0 Å². The fraction of sp³-hybridized carbons (Fsp3) is 0.0556. The van der Waals surface area contributed by atoms with E-state index in [1.807, 2.05) is 48.5 Å². The summed E-state index contributed by atoms with van der Waals surface area (Å²) in [5.74, 6) is 0.242. The van der Waals surface area contributed by atoms with Crippen LogP contribution in [-0.2, 0) is 4.79 Å². The van der Waals surface area contributed by atoms with Gasteiger partial charge in [0, 0.05) is 21.0 Å². The third kappa shape index (κ3) is 3.68. The van der Waals surface area contributed by atoms with Crippen molar-refractivity contribution in [3.8, 4) is 0 Å². The topological polar surface area (TPSA) is 54.9 Å². The summed E-state index contributed by atoms with van der Waals surface area (Å²) in [4.78, 5) is 22.1. The molecular formula is C18H12BrN3OS2. The average molecular weight is 430 g/mol. The van der Waals surface area contributed by atoms with Crippen LogP contribution >= 0.6 is 39.0 Å². The molecule has 2 aromatic heterocycles. The summed E-state index contributed by atoms with van der Waals surface area (Å²) in [6.45, 7) is 0. The molecule has 4 aromatic rings. The molecule has 0 radical (unpaired) electrons. The maximum Gasteiger partial charge on any atom is 0.236 e. The van der Waals surface area contributed by atoms with E-state index in [4.69, 9.17) is 0 Å². The Hall–Kier alpha value is -1.96. The SMILES string of the molecule is O=C(CSc1cccc2cccnc12)Nc1nc2ccc(Br)cc2s1. The second-order valence-electron chi connectivity index (χ2n) is 5.30. The van der Waals surface area contributed by atoms with Gasteiger partial charge in [-0.2, -0.15) is 0 Å². The Morgan fingerprint density at radius 2 is 2.08 bits per heavy atom. The Bertz CT molecular complexity index is 1070. The molecule has 7 heteroatoms. The van der Waals surface area contributed by atoms with Gasteiger partial charge in [-0.05, 0) is 30.3 Å². The first-order valence-electron chi connectivity index (χ1n) is 7.51. The zero-order valence-corrected chi connectivity index (χ0v) is 16.1. The van der Waals surface area contributed by atoms with Crippen molar-refractivity contribution < 1.29 is 4.79 Å². The van der Waals surface area contributed by atoms with E-state index in [1.54, 1.807) is 6.20 Å². The number of nitrogens with zero attached hydrogens (tertiary/aromatic N) is 2. The fourth-order valence-electron chi connectivity index (χ4n) is 2.44. The Kier molecular flexibility index (Phi) is 4.70. The van der Waals surface area contributed by atoms with Crippen molar-refractivity contribution in [1.82, 2.24) is 9.97 Å². The molecular weight excluding hydrogens is 418 g/mol. The number of hydrogen-bond acceptors (Lipinski definition) is 5. The molecule has 4 nitrogen and oxygen atoms in total. The summed E-state index contributed by atoms with van der Waals surface area (Å²) < 4.78 is 2.04. The van der Waals surface area contributed by atoms with E-state index in [9.17, 15) is 4.79 Å². The number of aromatic nitrogens is 2. The maximum atomic E-state index is 12.3. The molecule has 0 bridgehead atoms. The number of para-hydroxylation sites is 1. The Morgan fingerprint density at radius 3 is 3.00 bits per heavy atom. The third-order valence-corrected chi connectivity index (χ3v) is 6.03. The average Bonchev–Trinajstić information content (AvgIpc) is 3.01. The van der Waals surface area contributed by atoms with Crippen LogP contribution < -0.4 is 5.32 Å². The summed E-state index contributed by atoms with van der Waals surface area (Å²) in [5, 5.41) is 4.57. The number of thiazole rings is 1. The second kappa shape index (κ2) is 7.11. The van der Waals surface area contributed by atoms with Crippen LogP contribution in [0.3, 0.4) is 0 Å². The number of hydrogen-bond donors (Lipinski definition) is 1. The van der Waals surface area contributed by atoms with Crippen LogP contribution in [0.25, 0.3) is 21.1 Å². The van der Waals surface area contributed by atoms with Gasteiger partial charge in [0.1, 0.15) is 0 Å². The van der Waals surface area contributed by atoms with Gasteiger partial charge in [0.2, 0.25) is 5.91 Å². The lowest BCUT2D eigenvalue weighted by Gasteiger charge is -2.05. The predicted octanol–water partition coefficient (Wildman–Crippen LogP) is 5.34. The van der Waals surface area contributed by atoms with E-state index >= 15 is 0 Å². The van der Waals surface area contributed by atoms with Crippen LogP contribution in [0.5, 0.6) is 0 Å². The molecule has 0 atom stereocenters. The van der Waals surface area contributed by atoms with Gasteiger partial charge in [0.05, 0.1) is 21.5 Å². The van der Waals surface area contributed by atoms with Gasteiger partial charge in [-0.1, -0.05) is 45.5 Å². The molecule has 4 rings (SSSR count). The number of nitrogens with one attached hydrogen (secondary N) is 1. The first-order valence-corrected chi connectivity index (χ1v) is 10.1. The van der Waals surface area contributed by atoms with Crippen molar-refractivity contribution in [3.05, 3.63) is 59.2 Å². The van der Waals surface area contributed by atoms with Crippen molar-refractivity contribution >= 4 is 71.2 Å². The van der Waals surface area contributed by atoms with Crippen LogP contribution in [0.2, 0.25) is 0 Å². The standard InChI is InChI=1S/C18H12BrN3OS2/c19-12-6-7-13-15(9-12)25-18(21-13)22-16(23)10-24-14-5-1-3-11-4-2-8-20-17(11)14/h1-9H,10H2,(H,21,22,23). The minimum Gasteiger partial charge on any atom is -0.301 e. The van der Waals surface area contributed by atoms with E-state index in [1.165, 1.54) is 23.1 Å². The van der Waals surface area contributed by atoms with Gasteiger partial charge < -0.3 is 5.32 Å². The molecule has 0 aliphatic carbocycles. The fourth-order valence-corrected chi connectivity index (χ4v) is 4.72. The summed E-state index contributed by atoms with van der Waals surface area (Å²) in [6.07, 6.45) is 1.77. The molecule has 25 heavy (non-hydrogen) atoms. The van der Waals surface area contributed by atoms with Gasteiger partial charge in [-0.3, -0.25) is 9.78 Å². The van der Waals surface area contributed by atoms with Crippen molar-refractivity contribution in [3.63, 3.8) is 0 Å². The van der Waals surface area contributed by atoms with Crippen molar-refractivity contribution in [2.24, 2.45) is 0 Å². The van der Waals surface area contributed by atoms with Gasteiger partial charge in [0.25, 0.3) is 0 Å². The summed E-state index contributed by atoms with van der Waals surface area (Å²) in [7, 11) is 0. The van der Waals surface area contributed by atoms with Crippen molar-refractivity contribution in [2.45, 2.75) is 4.90 Å². The monoisotopic (exact) mass is 429 g/mol. The molecule has 0 unspecified atom stereocenters. The molecule has 0 aliphatic rings. The van der Waals surface area contributed by atoms with Gasteiger partial charge in [0.15, 0.2) is 5.13 Å². The molecule has 2 aromatic carbocycles. The van der Waals surface area contributed by atoms with Crippen LogP contribution in [0.1, 0.15) is 0 Å². The smallest absolute Gasteiger partial charge is 0.236 e. The number of anilines is 1. The van der Waals surface area contributed by atoms with Gasteiger partial charge >= 0.3 is 0 Å². The number of carbonyl (C=O) groups excluding carboxylic acids is 1. The first-order chi connectivity index (χ1) is 12.2. The highest BCUT2D eigenvalue weighted by Gasteiger charge is 2.10. The number of pyridine rings is 1. The highest BCUT2D eigenvalue weighted by molar-refractivity contribution is 9.10. The maximum absolute atomic E-state index is 12.3. The Labute approximate surface area is 160 Å². The highest BCUT2D eigenvalue weighted by Crippen LogP contribution is 2.29. The van der Waals surface area contributed by atoms with Crippen LogP contribution in [0.15, 0.2) is 64.1 Å². The summed E-state index contributed by atoms with van der Waals surface area (Å²) >= 11 is 6.40. The molecule has 0 saturated heterocycles. The largest absolute Gasteiger partial charge is 0.301 e. The van der Waals surface area contributed by atoms with E-state index in [0.717, 1.165) is 30.5 Å². The minimum absolute atomic E-state index is 0.0731. The molecule has 0 fully saturated rings. The summed E-state index contributed by atoms with van der Waals surface area (Å²) in [6, 6.07) is 15.8. The van der Waals surface area contributed by atoms with Crippen LogP contribution in [0.4, 0.5) is 5.13 Å². The quantitative estimate of drug-likeness (QED) is 0.444. The molecule has 0 spiro atoms. The number of halogens is 1. The molecule has 2 heterocycles. The van der Waals surface area contributed by atoms with Crippen molar-refractivity contribution in [2.75, 3.05) is 11.1 Å². The van der Waals surface area contributed by atoms with Gasteiger partial charge in [-0.25, -0.2) is 4.98 Å². The molecule has 1 N–H and O–H groups in total. The highest BCUT2D eigenvalue weighted by atomic mass is 79.9. The Balaban J connectivity index is 1.46. The van der Waals surface area contributed by atoms with E-state index in [0.29, 0.717) is 10.9 Å². The van der Waals surface area contributed by atoms with Gasteiger partial charge in [-0.15, -0.1) is 11.8 Å². The normalized spacial score (nSPS) is 11.1.